The van der Waals surface area contributed by atoms with E-state index in [4.69, 9.17) is 5.11 Å². The number of aliphatic carboxylic acids is 1. The topological polar surface area (TPSA) is 75.1 Å². The van der Waals surface area contributed by atoms with Crippen molar-refractivity contribution in [1.82, 2.24) is 9.97 Å². The molecule has 0 aliphatic carbocycles. The van der Waals surface area contributed by atoms with Crippen LogP contribution in [0.5, 0.6) is 0 Å². The molecule has 0 bridgehead atoms. The molecule has 0 aromatic carbocycles. The van der Waals surface area contributed by atoms with Gasteiger partial charge in [-0.3, -0.25) is 9.78 Å². The van der Waals surface area contributed by atoms with E-state index in [2.05, 4.69) is 15.3 Å². The number of anilines is 1. The number of carboxylic acids is 1. The summed E-state index contributed by atoms with van der Waals surface area (Å²) in [4.78, 5) is 19.0. The number of carbonyl (C=O) groups is 1. The van der Waals surface area contributed by atoms with Crippen molar-refractivity contribution in [1.29, 1.82) is 0 Å². The zero-order chi connectivity index (χ0) is 12.1. The van der Waals surface area contributed by atoms with Gasteiger partial charge in [-0.2, -0.15) is 0 Å². The fourth-order valence-electron chi connectivity index (χ4n) is 1.17. The number of carboxylic acid groups (broad SMARTS) is 1. The lowest BCUT2D eigenvalue weighted by Gasteiger charge is -2.08. The van der Waals surface area contributed by atoms with Crippen molar-refractivity contribution in [2.24, 2.45) is 5.92 Å². The summed E-state index contributed by atoms with van der Waals surface area (Å²) in [7, 11) is 0. The average Bonchev–Trinajstić information content (AvgIpc) is 2.23. The zero-order valence-corrected chi connectivity index (χ0v) is 9.82. The van der Waals surface area contributed by atoms with Gasteiger partial charge in [-0.1, -0.05) is 6.92 Å². The highest BCUT2D eigenvalue weighted by Gasteiger charge is 2.09. The average molecular weight is 223 g/mol. The molecule has 0 aliphatic rings. The number of hydrogen-bond donors (Lipinski definition) is 2. The number of hydrogen-bond acceptors (Lipinski definition) is 4. The lowest BCUT2D eigenvalue weighted by Crippen LogP contribution is -2.15. The standard InChI is InChI=1S/C11H17N3O2/c1-7(11(15)16)4-5-12-10-6-13-8(2)9(3)14-10/h6-7H,4-5H2,1-3H3,(H,12,14)(H,15,16). The highest BCUT2D eigenvalue weighted by atomic mass is 16.4. The molecule has 1 aromatic heterocycles. The highest BCUT2D eigenvalue weighted by Crippen LogP contribution is 2.07. The van der Waals surface area contributed by atoms with Crippen molar-refractivity contribution in [2.45, 2.75) is 27.2 Å². The summed E-state index contributed by atoms with van der Waals surface area (Å²) in [6, 6.07) is 0. The minimum absolute atomic E-state index is 0.341. The third kappa shape index (κ3) is 3.49. The molecular formula is C11H17N3O2. The smallest absolute Gasteiger partial charge is 0.306 e. The van der Waals surface area contributed by atoms with E-state index in [1.54, 1.807) is 13.1 Å². The van der Waals surface area contributed by atoms with Crippen LogP contribution in [0, 0.1) is 19.8 Å². The Hall–Kier alpha value is -1.65. The van der Waals surface area contributed by atoms with E-state index >= 15 is 0 Å². The Balaban J connectivity index is 2.43. The first-order chi connectivity index (χ1) is 7.50. The Morgan fingerprint density at radius 2 is 2.19 bits per heavy atom. The first-order valence-corrected chi connectivity index (χ1v) is 5.27. The molecule has 0 saturated heterocycles. The van der Waals surface area contributed by atoms with Crippen molar-refractivity contribution in [2.75, 3.05) is 11.9 Å². The lowest BCUT2D eigenvalue weighted by atomic mass is 10.1. The molecule has 0 saturated carbocycles. The largest absolute Gasteiger partial charge is 0.481 e. The van der Waals surface area contributed by atoms with Crippen molar-refractivity contribution in [3.8, 4) is 0 Å². The minimum atomic E-state index is -0.770. The second kappa shape index (κ2) is 5.44. The van der Waals surface area contributed by atoms with Crippen LogP contribution in [0.4, 0.5) is 5.82 Å². The van der Waals surface area contributed by atoms with Crippen LogP contribution < -0.4 is 5.32 Å². The molecule has 0 amide bonds. The van der Waals surface area contributed by atoms with Crippen LogP contribution in [0.15, 0.2) is 6.20 Å². The van der Waals surface area contributed by atoms with Gasteiger partial charge in [-0.05, 0) is 20.3 Å². The molecule has 2 N–H and O–H groups in total. The third-order valence-corrected chi connectivity index (χ3v) is 2.50. The molecule has 1 heterocycles. The maximum atomic E-state index is 10.6. The second-order valence-corrected chi connectivity index (χ2v) is 3.88. The summed E-state index contributed by atoms with van der Waals surface area (Å²) in [5.41, 5.74) is 1.79. The third-order valence-electron chi connectivity index (χ3n) is 2.50. The molecule has 16 heavy (non-hydrogen) atoms. The van der Waals surface area contributed by atoms with Crippen LogP contribution in [0.3, 0.4) is 0 Å². The molecule has 88 valence electrons. The van der Waals surface area contributed by atoms with Gasteiger partial charge in [-0.25, -0.2) is 4.98 Å². The fraction of sp³-hybridized carbons (Fsp3) is 0.545. The van der Waals surface area contributed by atoms with E-state index in [1.807, 2.05) is 13.8 Å². The molecule has 0 aliphatic heterocycles. The number of aryl methyl sites for hydroxylation is 2. The van der Waals surface area contributed by atoms with Crippen molar-refractivity contribution in [3.05, 3.63) is 17.6 Å². The van der Waals surface area contributed by atoms with Gasteiger partial charge < -0.3 is 10.4 Å². The summed E-state index contributed by atoms with van der Waals surface area (Å²) in [5, 5.41) is 11.8. The molecule has 5 heteroatoms. The number of aromatic nitrogens is 2. The van der Waals surface area contributed by atoms with E-state index in [-0.39, 0.29) is 5.92 Å². The fourth-order valence-corrected chi connectivity index (χ4v) is 1.17. The second-order valence-electron chi connectivity index (χ2n) is 3.88. The molecule has 1 unspecified atom stereocenters. The molecule has 0 radical (unpaired) electrons. The van der Waals surface area contributed by atoms with Crippen LogP contribution in [0.2, 0.25) is 0 Å². The summed E-state index contributed by atoms with van der Waals surface area (Å²) < 4.78 is 0. The van der Waals surface area contributed by atoms with Gasteiger partial charge in [0.15, 0.2) is 0 Å². The Morgan fingerprint density at radius 1 is 1.50 bits per heavy atom. The Morgan fingerprint density at radius 3 is 2.75 bits per heavy atom. The maximum absolute atomic E-state index is 10.6. The lowest BCUT2D eigenvalue weighted by molar-refractivity contribution is -0.141. The van der Waals surface area contributed by atoms with Crippen LogP contribution >= 0.6 is 0 Å². The van der Waals surface area contributed by atoms with E-state index < -0.39 is 5.97 Å². The van der Waals surface area contributed by atoms with E-state index in [0.29, 0.717) is 18.8 Å². The van der Waals surface area contributed by atoms with Gasteiger partial charge in [0.2, 0.25) is 0 Å². The summed E-state index contributed by atoms with van der Waals surface area (Å²) >= 11 is 0. The molecule has 0 spiro atoms. The quantitative estimate of drug-likeness (QED) is 0.793. The van der Waals surface area contributed by atoms with Gasteiger partial charge in [0.05, 0.1) is 23.5 Å². The summed E-state index contributed by atoms with van der Waals surface area (Å²) in [5.74, 6) is -0.416. The van der Waals surface area contributed by atoms with Crippen LogP contribution in [0.1, 0.15) is 24.7 Å². The molecule has 1 aromatic rings. The zero-order valence-electron chi connectivity index (χ0n) is 9.82. The predicted molar refractivity (Wildman–Crippen MR) is 61.4 cm³/mol. The SMILES string of the molecule is Cc1ncc(NCCC(C)C(=O)O)nc1C. The van der Waals surface area contributed by atoms with Gasteiger partial charge >= 0.3 is 5.97 Å². The Bertz CT molecular complexity index is 379. The van der Waals surface area contributed by atoms with Crippen molar-refractivity contribution in [3.63, 3.8) is 0 Å². The maximum Gasteiger partial charge on any atom is 0.306 e. The molecule has 0 fully saturated rings. The van der Waals surface area contributed by atoms with E-state index in [9.17, 15) is 4.79 Å². The molecule has 1 rings (SSSR count). The normalized spacial score (nSPS) is 12.2. The van der Waals surface area contributed by atoms with Gasteiger partial charge in [0.1, 0.15) is 5.82 Å². The Labute approximate surface area is 94.9 Å². The predicted octanol–water partition coefficient (Wildman–Crippen LogP) is 1.62. The molecule has 5 nitrogen and oxygen atoms in total. The monoisotopic (exact) mass is 223 g/mol. The summed E-state index contributed by atoms with van der Waals surface area (Å²) in [6.45, 7) is 6.08. The first kappa shape index (κ1) is 12.4. The van der Waals surface area contributed by atoms with E-state index in [0.717, 1.165) is 11.4 Å². The van der Waals surface area contributed by atoms with Crippen LogP contribution in [0.25, 0.3) is 0 Å². The number of nitrogens with zero attached hydrogens (tertiary/aromatic N) is 2. The van der Waals surface area contributed by atoms with Crippen LogP contribution in [-0.2, 0) is 4.79 Å². The number of rotatable bonds is 5. The summed E-state index contributed by atoms with van der Waals surface area (Å²) in [6.07, 6.45) is 2.23. The van der Waals surface area contributed by atoms with E-state index in [1.165, 1.54) is 0 Å². The number of nitrogens with one attached hydrogen (secondary N) is 1. The minimum Gasteiger partial charge on any atom is -0.481 e. The molecular weight excluding hydrogens is 206 g/mol. The van der Waals surface area contributed by atoms with Crippen LogP contribution in [-0.4, -0.2) is 27.6 Å². The Kier molecular flexibility index (Phi) is 4.22. The highest BCUT2D eigenvalue weighted by molar-refractivity contribution is 5.69. The molecule has 1 atom stereocenters. The van der Waals surface area contributed by atoms with Crippen molar-refractivity contribution >= 4 is 11.8 Å². The first-order valence-electron chi connectivity index (χ1n) is 5.27. The van der Waals surface area contributed by atoms with Crippen molar-refractivity contribution < 1.29 is 9.90 Å². The van der Waals surface area contributed by atoms with Gasteiger partial charge in [0.25, 0.3) is 0 Å². The van der Waals surface area contributed by atoms with Gasteiger partial charge in [0, 0.05) is 6.54 Å². The van der Waals surface area contributed by atoms with Gasteiger partial charge in [-0.15, -0.1) is 0 Å².